The SMILES string of the molecule is CCCCCCc1ccc(/C=C/c2ccnc(C(=O)O)c2)s1. The number of thiophene rings is 1. The third-order valence-corrected chi connectivity index (χ3v) is 4.51. The maximum atomic E-state index is 10.9. The molecule has 0 aliphatic heterocycles. The largest absolute Gasteiger partial charge is 0.477 e. The molecule has 22 heavy (non-hydrogen) atoms. The van der Waals surface area contributed by atoms with Crippen molar-refractivity contribution in [1.82, 2.24) is 4.98 Å². The van der Waals surface area contributed by atoms with Gasteiger partial charge in [-0.15, -0.1) is 11.3 Å². The quantitative estimate of drug-likeness (QED) is 0.687. The second-order valence-corrected chi connectivity index (χ2v) is 6.43. The van der Waals surface area contributed by atoms with Crippen molar-refractivity contribution in [2.24, 2.45) is 0 Å². The first kappa shape index (κ1) is 16.4. The Balaban J connectivity index is 1.94. The van der Waals surface area contributed by atoms with E-state index in [1.54, 1.807) is 17.4 Å². The van der Waals surface area contributed by atoms with Crippen molar-refractivity contribution < 1.29 is 9.90 Å². The maximum absolute atomic E-state index is 10.9. The average molecular weight is 315 g/mol. The van der Waals surface area contributed by atoms with Crippen LogP contribution >= 0.6 is 11.3 Å². The molecule has 0 aliphatic carbocycles. The predicted molar refractivity (Wildman–Crippen MR) is 92.3 cm³/mol. The molecule has 2 aromatic rings. The Labute approximate surface area is 135 Å². The van der Waals surface area contributed by atoms with Gasteiger partial charge in [-0.05, 0) is 48.7 Å². The second kappa shape index (κ2) is 8.49. The van der Waals surface area contributed by atoms with E-state index in [1.807, 2.05) is 18.2 Å². The van der Waals surface area contributed by atoms with Gasteiger partial charge in [-0.3, -0.25) is 0 Å². The monoisotopic (exact) mass is 315 g/mol. The molecular weight excluding hydrogens is 294 g/mol. The average Bonchev–Trinajstić information content (AvgIpc) is 2.98. The van der Waals surface area contributed by atoms with Gasteiger partial charge < -0.3 is 5.11 Å². The molecule has 0 saturated carbocycles. The van der Waals surface area contributed by atoms with Crippen molar-refractivity contribution in [2.75, 3.05) is 0 Å². The van der Waals surface area contributed by atoms with Crippen molar-refractivity contribution in [3.05, 3.63) is 51.5 Å². The maximum Gasteiger partial charge on any atom is 0.354 e. The standard InChI is InChI=1S/C18H21NO2S/c1-2-3-4-5-6-15-9-10-16(22-15)8-7-14-11-12-19-17(13-14)18(20)21/h7-13H,2-6H2,1H3,(H,20,21)/b8-7+. The topological polar surface area (TPSA) is 50.2 Å². The first-order valence-electron chi connectivity index (χ1n) is 7.65. The summed E-state index contributed by atoms with van der Waals surface area (Å²) < 4.78 is 0. The molecule has 3 nitrogen and oxygen atoms in total. The summed E-state index contributed by atoms with van der Waals surface area (Å²) in [5.74, 6) is -0.999. The molecule has 0 atom stereocenters. The minimum atomic E-state index is -0.999. The Morgan fingerprint density at radius 3 is 2.86 bits per heavy atom. The van der Waals surface area contributed by atoms with E-state index in [2.05, 4.69) is 24.0 Å². The lowest BCUT2D eigenvalue weighted by Gasteiger charge is -1.96. The molecule has 0 spiro atoms. The van der Waals surface area contributed by atoms with Crippen LogP contribution in [0.5, 0.6) is 0 Å². The zero-order valence-corrected chi connectivity index (χ0v) is 13.6. The molecule has 0 aliphatic rings. The van der Waals surface area contributed by atoms with Gasteiger partial charge in [0, 0.05) is 16.0 Å². The van der Waals surface area contributed by atoms with E-state index < -0.39 is 5.97 Å². The third-order valence-electron chi connectivity index (χ3n) is 3.40. The molecule has 4 heteroatoms. The normalized spacial score (nSPS) is 11.1. The van der Waals surface area contributed by atoms with E-state index in [1.165, 1.54) is 41.6 Å². The summed E-state index contributed by atoms with van der Waals surface area (Å²) in [6.07, 6.45) is 11.8. The van der Waals surface area contributed by atoms with Crippen molar-refractivity contribution in [3.8, 4) is 0 Å². The van der Waals surface area contributed by atoms with Crippen LogP contribution in [0, 0.1) is 0 Å². The molecule has 0 bridgehead atoms. The number of carboxylic acids is 1. The van der Waals surface area contributed by atoms with Gasteiger partial charge in [-0.1, -0.05) is 32.3 Å². The number of carboxylic acid groups (broad SMARTS) is 1. The molecular formula is C18H21NO2S. The van der Waals surface area contributed by atoms with E-state index >= 15 is 0 Å². The summed E-state index contributed by atoms with van der Waals surface area (Å²) in [5, 5.41) is 8.93. The first-order valence-corrected chi connectivity index (χ1v) is 8.47. The third kappa shape index (κ3) is 5.11. The highest BCUT2D eigenvalue weighted by molar-refractivity contribution is 7.12. The van der Waals surface area contributed by atoms with E-state index in [9.17, 15) is 4.79 Å². The molecule has 2 aromatic heterocycles. The molecule has 116 valence electrons. The zero-order valence-electron chi connectivity index (χ0n) is 12.8. The molecule has 0 fully saturated rings. The van der Waals surface area contributed by atoms with Crippen LogP contribution in [0.25, 0.3) is 12.2 Å². The number of aromatic nitrogens is 1. The number of aromatic carboxylic acids is 1. The predicted octanol–water partition coefficient (Wildman–Crippen LogP) is 5.13. The number of pyridine rings is 1. The van der Waals surface area contributed by atoms with Crippen LogP contribution < -0.4 is 0 Å². The number of hydrogen-bond acceptors (Lipinski definition) is 3. The molecule has 2 rings (SSSR count). The minimum Gasteiger partial charge on any atom is -0.477 e. The summed E-state index contributed by atoms with van der Waals surface area (Å²) >= 11 is 1.80. The van der Waals surface area contributed by atoms with E-state index in [0.29, 0.717) is 0 Å². The number of rotatable bonds is 8. The summed E-state index contributed by atoms with van der Waals surface area (Å²) in [6, 6.07) is 7.70. The van der Waals surface area contributed by atoms with Crippen LogP contribution in [-0.4, -0.2) is 16.1 Å². The lowest BCUT2D eigenvalue weighted by atomic mass is 10.1. The van der Waals surface area contributed by atoms with Crippen molar-refractivity contribution in [3.63, 3.8) is 0 Å². The Hall–Kier alpha value is -1.94. The van der Waals surface area contributed by atoms with E-state index in [4.69, 9.17) is 5.11 Å². The lowest BCUT2D eigenvalue weighted by molar-refractivity contribution is 0.0690. The van der Waals surface area contributed by atoms with Gasteiger partial charge >= 0.3 is 5.97 Å². The van der Waals surface area contributed by atoms with Crippen LogP contribution in [0.4, 0.5) is 0 Å². The molecule has 0 unspecified atom stereocenters. The fourth-order valence-electron chi connectivity index (χ4n) is 2.19. The Morgan fingerprint density at radius 2 is 2.09 bits per heavy atom. The molecule has 1 N–H and O–H groups in total. The fraction of sp³-hybridized carbons (Fsp3) is 0.333. The Morgan fingerprint density at radius 1 is 1.23 bits per heavy atom. The van der Waals surface area contributed by atoms with Crippen molar-refractivity contribution >= 4 is 29.5 Å². The molecule has 0 radical (unpaired) electrons. The van der Waals surface area contributed by atoms with Gasteiger partial charge in [-0.2, -0.15) is 0 Å². The van der Waals surface area contributed by atoms with Gasteiger partial charge in [0.25, 0.3) is 0 Å². The van der Waals surface area contributed by atoms with Crippen LogP contribution in [0.2, 0.25) is 0 Å². The highest BCUT2D eigenvalue weighted by atomic mass is 32.1. The summed E-state index contributed by atoms with van der Waals surface area (Å²) in [4.78, 5) is 17.3. The van der Waals surface area contributed by atoms with Crippen LogP contribution in [0.3, 0.4) is 0 Å². The fourth-order valence-corrected chi connectivity index (χ4v) is 3.15. The number of unbranched alkanes of at least 4 members (excludes halogenated alkanes) is 3. The zero-order chi connectivity index (χ0) is 15.8. The van der Waals surface area contributed by atoms with Gasteiger partial charge in [0.15, 0.2) is 0 Å². The smallest absolute Gasteiger partial charge is 0.354 e. The molecule has 2 heterocycles. The highest BCUT2D eigenvalue weighted by Gasteiger charge is 2.03. The minimum absolute atomic E-state index is 0.0740. The number of aryl methyl sites for hydroxylation is 1. The summed E-state index contributed by atoms with van der Waals surface area (Å²) in [5.41, 5.74) is 0.926. The van der Waals surface area contributed by atoms with Gasteiger partial charge in [-0.25, -0.2) is 9.78 Å². The summed E-state index contributed by atoms with van der Waals surface area (Å²) in [6.45, 7) is 2.23. The molecule has 0 amide bonds. The van der Waals surface area contributed by atoms with Gasteiger partial charge in [0.1, 0.15) is 5.69 Å². The number of hydrogen-bond donors (Lipinski definition) is 1. The summed E-state index contributed by atoms with van der Waals surface area (Å²) in [7, 11) is 0. The first-order chi connectivity index (χ1) is 10.7. The van der Waals surface area contributed by atoms with E-state index in [-0.39, 0.29) is 5.69 Å². The van der Waals surface area contributed by atoms with Crippen LogP contribution in [-0.2, 0) is 6.42 Å². The van der Waals surface area contributed by atoms with Crippen molar-refractivity contribution in [1.29, 1.82) is 0 Å². The Bertz CT molecular complexity index is 646. The highest BCUT2D eigenvalue weighted by Crippen LogP contribution is 2.21. The Kier molecular flexibility index (Phi) is 6.34. The second-order valence-electron chi connectivity index (χ2n) is 5.23. The van der Waals surface area contributed by atoms with Gasteiger partial charge in [0.2, 0.25) is 0 Å². The lowest BCUT2D eigenvalue weighted by Crippen LogP contribution is -1.99. The van der Waals surface area contributed by atoms with E-state index in [0.717, 1.165) is 12.0 Å². The number of nitrogens with zero attached hydrogens (tertiary/aromatic N) is 1. The van der Waals surface area contributed by atoms with Gasteiger partial charge in [0.05, 0.1) is 0 Å². The van der Waals surface area contributed by atoms with Crippen LogP contribution in [0.15, 0.2) is 30.5 Å². The van der Waals surface area contributed by atoms with Crippen molar-refractivity contribution in [2.45, 2.75) is 39.0 Å². The number of carbonyl (C=O) groups is 1. The molecule has 0 saturated heterocycles. The van der Waals surface area contributed by atoms with Crippen LogP contribution in [0.1, 0.15) is 58.4 Å². The molecule has 0 aromatic carbocycles.